The molecule has 1 aromatic carbocycles. The standard InChI is InChI=1S/C17H18N4O3/c1-10(9-21-14-4-2-3-5-15(14)24-17(21)23)18-16(22)13-8-12(19-20-13)11-6-7-11/h2-5,8,10-11H,6-7,9H2,1H3,(H,18,22)(H,19,20)/t10-/m1/s1. The lowest BCUT2D eigenvalue weighted by molar-refractivity contribution is 0.0931. The molecule has 0 unspecified atom stereocenters. The maximum Gasteiger partial charge on any atom is 0.420 e. The molecular weight excluding hydrogens is 308 g/mol. The van der Waals surface area contributed by atoms with Gasteiger partial charge in [0.05, 0.1) is 5.52 Å². The van der Waals surface area contributed by atoms with E-state index in [-0.39, 0.29) is 11.9 Å². The SMILES string of the molecule is C[C@H](Cn1c(=O)oc2ccccc21)NC(=O)c1cc(C2CC2)[nH]n1. The van der Waals surface area contributed by atoms with E-state index < -0.39 is 5.76 Å². The summed E-state index contributed by atoms with van der Waals surface area (Å²) in [6.07, 6.45) is 2.30. The number of carbonyl (C=O) groups is 1. The van der Waals surface area contributed by atoms with Gasteiger partial charge in [-0.15, -0.1) is 0 Å². The first kappa shape index (κ1) is 14.7. The molecule has 7 heteroatoms. The van der Waals surface area contributed by atoms with E-state index in [0.29, 0.717) is 23.7 Å². The molecule has 1 fully saturated rings. The van der Waals surface area contributed by atoms with E-state index in [0.717, 1.165) is 24.1 Å². The molecule has 3 aromatic rings. The highest BCUT2D eigenvalue weighted by molar-refractivity contribution is 5.92. The Bertz CT molecular complexity index is 948. The second kappa shape index (κ2) is 5.67. The first-order chi connectivity index (χ1) is 11.6. The quantitative estimate of drug-likeness (QED) is 0.750. The number of fused-ring (bicyclic) bond motifs is 1. The first-order valence-corrected chi connectivity index (χ1v) is 8.06. The molecule has 24 heavy (non-hydrogen) atoms. The largest absolute Gasteiger partial charge is 0.420 e. The summed E-state index contributed by atoms with van der Waals surface area (Å²) in [6.45, 7) is 2.18. The van der Waals surface area contributed by atoms with E-state index in [1.807, 2.05) is 25.1 Å². The van der Waals surface area contributed by atoms with Gasteiger partial charge in [0.2, 0.25) is 0 Å². The summed E-state index contributed by atoms with van der Waals surface area (Å²) in [4.78, 5) is 24.3. The topological polar surface area (TPSA) is 92.9 Å². The van der Waals surface area contributed by atoms with E-state index >= 15 is 0 Å². The van der Waals surface area contributed by atoms with Crippen LogP contribution < -0.4 is 11.1 Å². The summed E-state index contributed by atoms with van der Waals surface area (Å²) < 4.78 is 6.73. The molecule has 4 rings (SSSR count). The van der Waals surface area contributed by atoms with Crippen molar-refractivity contribution >= 4 is 17.0 Å². The van der Waals surface area contributed by atoms with E-state index in [2.05, 4.69) is 15.5 Å². The Morgan fingerprint density at radius 2 is 2.25 bits per heavy atom. The van der Waals surface area contributed by atoms with Gasteiger partial charge in [-0.1, -0.05) is 12.1 Å². The molecule has 0 aliphatic heterocycles. The number of hydrogen-bond acceptors (Lipinski definition) is 4. The smallest absolute Gasteiger partial charge is 0.408 e. The zero-order chi connectivity index (χ0) is 16.7. The Kier molecular flexibility index (Phi) is 3.48. The summed E-state index contributed by atoms with van der Waals surface area (Å²) in [5.74, 6) is -0.146. The normalized spacial score (nSPS) is 15.5. The van der Waals surface area contributed by atoms with Crippen LogP contribution in [0.3, 0.4) is 0 Å². The number of nitrogens with one attached hydrogen (secondary N) is 2. The molecule has 2 N–H and O–H groups in total. The molecule has 0 bridgehead atoms. The lowest BCUT2D eigenvalue weighted by Gasteiger charge is -2.13. The van der Waals surface area contributed by atoms with Crippen LogP contribution in [0.2, 0.25) is 0 Å². The number of rotatable bonds is 5. The van der Waals surface area contributed by atoms with Crippen molar-refractivity contribution in [2.75, 3.05) is 0 Å². The zero-order valence-electron chi connectivity index (χ0n) is 13.3. The van der Waals surface area contributed by atoms with Gasteiger partial charge in [-0.3, -0.25) is 14.5 Å². The van der Waals surface area contributed by atoms with Crippen molar-refractivity contribution in [1.82, 2.24) is 20.1 Å². The van der Waals surface area contributed by atoms with Gasteiger partial charge in [-0.2, -0.15) is 5.10 Å². The summed E-state index contributed by atoms with van der Waals surface area (Å²) in [6, 6.07) is 8.80. The number of nitrogens with zero attached hydrogens (tertiary/aromatic N) is 2. The third kappa shape index (κ3) is 2.73. The second-order valence-electron chi connectivity index (χ2n) is 6.30. The van der Waals surface area contributed by atoms with Crippen LogP contribution in [0.4, 0.5) is 0 Å². The highest BCUT2D eigenvalue weighted by Crippen LogP contribution is 2.38. The van der Waals surface area contributed by atoms with Crippen LogP contribution in [0.25, 0.3) is 11.1 Å². The minimum Gasteiger partial charge on any atom is -0.408 e. The molecule has 0 saturated heterocycles. The molecule has 1 atom stereocenters. The Morgan fingerprint density at radius 3 is 3.04 bits per heavy atom. The van der Waals surface area contributed by atoms with Crippen molar-refractivity contribution in [3.63, 3.8) is 0 Å². The van der Waals surface area contributed by atoms with Gasteiger partial charge in [0.15, 0.2) is 5.58 Å². The molecule has 124 valence electrons. The third-order valence-electron chi connectivity index (χ3n) is 4.26. The average molecular weight is 326 g/mol. The van der Waals surface area contributed by atoms with Crippen LogP contribution in [-0.2, 0) is 6.54 Å². The summed E-state index contributed by atoms with van der Waals surface area (Å²) in [5.41, 5.74) is 2.67. The fraction of sp³-hybridized carbons (Fsp3) is 0.353. The summed E-state index contributed by atoms with van der Waals surface area (Å²) in [5, 5.41) is 9.87. The van der Waals surface area contributed by atoms with E-state index in [4.69, 9.17) is 4.42 Å². The van der Waals surface area contributed by atoms with Crippen LogP contribution in [0, 0.1) is 0 Å². The second-order valence-corrected chi connectivity index (χ2v) is 6.30. The van der Waals surface area contributed by atoms with E-state index in [9.17, 15) is 9.59 Å². The number of hydrogen-bond donors (Lipinski definition) is 2. The predicted octanol–water partition coefficient (Wildman–Crippen LogP) is 2.01. The lowest BCUT2D eigenvalue weighted by atomic mass is 10.2. The van der Waals surface area contributed by atoms with Crippen molar-refractivity contribution < 1.29 is 9.21 Å². The monoisotopic (exact) mass is 326 g/mol. The van der Waals surface area contributed by atoms with Crippen LogP contribution in [-0.4, -0.2) is 26.7 Å². The fourth-order valence-corrected chi connectivity index (χ4v) is 2.86. The van der Waals surface area contributed by atoms with E-state index in [1.54, 1.807) is 12.1 Å². The third-order valence-corrected chi connectivity index (χ3v) is 4.26. The van der Waals surface area contributed by atoms with E-state index in [1.165, 1.54) is 4.57 Å². The average Bonchev–Trinajstić information content (AvgIpc) is 3.21. The van der Waals surface area contributed by atoms with Gasteiger partial charge in [-0.25, -0.2) is 4.79 Å². The minimum absolute atomic E-state index is 0.239. The molecular formula is C17H18N4O3. The van der Waals surface area contributed by atoms with Gasteiger partial charge >= 0.3 is 5.76 Å². The first-order valence-electron chi connectivity index (χ1n) is 8.06. The summed E-state index contributed by atoms with van der Waals surface area (Å²) >= 11 is 0. The number of H-pyrrole nitrogens is 1. The molecule has 1 amide bonds. The fourth-order valence-electron chi connectivity index (χ4n) is 2.86. The van der Waals surface area contributed by atoms with Gasteiger partial charge in [-0.05, 0) is 38.0 Å². The number of aromatic nitrogens is 3. The van der Waals surface area contributed by atoms with Gasteiger partial charge in [0.25, 0.3) is 5.91 Å². The van der Waals surface area contributed by atoms with Crippen molar-refractivity contribution in [3.8, 4) is 0 Å². The molecule has 0 radical (unpaired) electrons. The predicted molar refractivity (Wildman–Crippen MR) is 88.0 cm³/mol. The zero-order valence-corrected chi connectivity index (χ0v) is 13.3. The Balaban J connectivity index is 1.47. The number of benzene rings is 1. The molecule has 1 aliphatic carbocycles. The molecule has 2 aromatic heterocycles. The Morgan fingerprint density at radius 1 is 1.46 bits per heavy atom. The number of aromatic amines is 1. The highest BCUT2D eigenvalue weighted by atomic mass is 16.4. The summed E-state index contributed by atoms with van der Waals surface area (Å²) in [7, 11) is 0. The van der Waals surface area contributed by atoms with Crippen molar-refractivity contribution in [1.29, 1.82) is 0 Å². The van der Waals surface area contributed by atoms with Crippen molar-refractivity contribution in [2.45, 2.75) is 38.3 Å². The number of oxazole rings is 1. The molecule has 7 nitrogen and oxygen atoms in total. The van der Waals surface area contributed by atoms with Gasteiger partial charge in [0, 0.05) is 24.2 Å². The maximum absolute atomic E-state index is 12.3. The van der Waals surface area contributed by atoms with Gasteiger partial charge in [0.1, 0.15) is 5.69 Å². The highest BCUT2D eigenvalue weighted by Gasteiger charge is 2.26. The van der Waals surface area contributed by atoms with Crippen LogP contribution in [0.15, 0.2) is 39.5 Å². The molecule has 1 saturated carbocycles. The Labute approximate surface area is 137 Å². The molecule has 2 heterocycles. The maximum atomic E-state index is 12.3. The number of carbonyl (C=O) groups excluding carboxylic acids is 1. The Hall–Kier alpha value is -2.83. The molecule has 0 spiro atoms. The van der Waals surface area contributed by atoms with Crippen LogP contribution in [0.1, 0.15) is 41.9 Å². The van der Waals surface area contributed by atoms with Crippen LogP contribution in [0.5, 0.6) is 0 Å². The number of para-hydroxylation sites is 2. The lowest BCUT2D eigenvalue weighted by Crippen LogP contribution is -2.37. The van der Waals surface area contributed by atoms with Crippen molar-refractivity contribution in [3.05, 3.63) is 52.3 Å². The van der Waals surface area contributed by atoms with Crippen molar-refractivity contribution in [2.24, 2.45) is 0 Å². The van der Waals surface area contributed by atoms with Gasteiger partial charge < -0.3 is 9.73 Å². The number of amides is 1. The minimum atomic E-state index is -0.423. The molecule has 1 aliphatic rings. The van der Waals surface area contributed by atoms with Crippen LogP contribution >= 0.6 is 0 Å².